The van der Waals surface area contributed by atoms with Crippen molar-refractivity contribution in [3.63, 3.8) is 0 Å². The zero-order valence-electron chi connectivity index (χ0n) is 14.8. The van der Waals surface area contributed by atoms with Crippen LogP contribution in [0.15, 0.2) is 47.4 Å². The van der Waals surface area contributed by atoms with Crippen molar-refractivity contribution in [2.24, 2.45) is 0 Å². The molecule has 8 nitrogen and oxygen atoms in total. The Balaban J connectivity index is 1.71. The van der Waals surface area contributed by atoms with E-state index in [4.69, 9.17) is 9.47 Å². The van der Waals surface area contributed by atoms with Crippen molar-refractivity contribution in [3.05, 3.63) is 48.0 Å². The molecule has 3 rings (SSSR count). The molecule has 2 amide bonds. The lowest BCUT2D eigenvalue weighted by atomic mass is 10.2. The van der Waals surface area contributed by atoms with E-state index in [0.717, 1.165) is 4.31 Å². The number of carbonyl (C=O) groups excluding carboxylic acids is 2. The maximum atomic E-state index is 12.5. The number of hydrogen-bond donors (Lipinski definition) is 1. The van der Waals surface area contributed by atoms with Crippen LogP contribution in [0.25, 0.3) is 0 Å². The molecule has 1 aliphatic rings. The maximum absolute atomic E-state index is 12.5. The van der Waals surface area contributed by atoms with Gasteiger partial charge in [-0.25, -0.2) is 12.7 Å². The van der Waals surface area contributed by atoms with Crippen LogP contribution in [-0.2, 0) is 14.8 Å². The first-order valence-electron chi connectivity index (χ1n) is 8.06. The molecule has 0 saturated carbocycles. The summed E-state index contributed by atoms with van der Waals surface area (Å²) in [5.41, 5.74) is 0.508. The quantitative estimate of drug-likeness (QED) is 0.808. The second-order valence-electron chi connectivity index (χ2n) is 5.74. The first-order chi connectivity index (χ1) is 12.9. The van der Waals surface area contributed by atoms with E-state index in [2.05, 4.69) is 5.32 Å². The van der Waals surface area contributed by atoms with Crippen molar-refractivity contribution in [3.8, 4) is 11.5 Å². The molecule has 1 N–H and O–H groups in total. The largest absolute Gasteiger partial charge is 0.497 e. The Morgan fingerprint density at radius 3 is 2.52 bits per heavy atom. The van der Waals surface area contributed by atoms with Crippen molar-refractivity contribution >= 4 is 27.5 Å². The van der Waals surface area contributed by atoms with Crippen LogP contribution in [0.2, 0.25) is 0 Å². The molecule has 1 heterocycles. The summed E-state index contributed by atoms with van der Waals surface area (Å²) in [6.45, 7) is -0.256. The van der Waals surface area contributed by atoms with Gasteiger partial charge in [0.05, 0.1) is 25.5 Å². The molecule has 0 radical (unpaired) electrons. The van der Waals surface area contributed by atoms with Gasteiger partial charge in [-0.05, 0) is 24.3 Å². The van der Waals surface area contributed by atoms with Crippen LogP contribution in [0.3, 0.4) is 0 Å². The lowest BCUT2D eigenvalue weighted by molar-refractivity contribution is -0.116. The lowest BCUT2D eigenvalue weighted by Gasteiger charge is -2.15. The molecule has 0 spiro atoms. The molecule has 0 atom stereocenters. The number of amides is 2. The van der Waals surface area contributed by atoms with Crippen molar-refractivity contribution < 1.29 is 27.5 Å². The van der Waals surface area contributed by atoms with Crippen molar-refractivity contribution in [2.45, 2.75) is 11.3 Å². The Kier molecular flexibility index (Phi) is 5.04. The zero-order chi connectivity index (χ0) is 19.6. The minimum absolute atomic E-state index is 0.0372. The third-order valence-corrected chi connectivity index (χ3v) is 5.98. The highest BCUT2D eigenvalue weighted by Crippen LogP contribution is 2.31. The first kappa shape index (κ1) is 18.7. The molecule has 0 fully saturated rings. The number of rotatable bonds is 6. The highest BCUT2D eigenvalue weighted by atomic mass is 32.2. The first-order valence-corrected chi connectivity index (χ1v) is 9.50. The number of hydrogen-bond acceptors (Lipinski definition) is 6. The lowest BCUT2D eigenvalue weighted by Crippen LogP contribution is -2.33. The van der Waals surface area contributed by atoms with Gasteiger partial charge in [-0.1, -0.05) is 12.1 Å². The fourth-order valence-corrected chi connectivity index (χ4v) is 4.35. The smallest absolute Gasteiger partial charge is 0.269 e. The predicted octanol–water partition coefficient (Wildman–Crippen LogP) is 1.88. The summed E-state index contributed by atoms with van der Waals surface area (Å²) in [5.74, 6) is -0.127. The van der Waals surface area contributed by atoms with Gasteiger partial charge in [-0.15, -0.1) is 0 Å². The van der Waals surface area contributed by atoms with E-state index in [1.54, 1.807) is 30.3 Å². The number of methoxy groups -OCH3 is 2. The summed E-state index contributed by atoms with van der Waals surface area (Å²) in [7, 11) is -0.971. The number of benzene rings is 2. The number of fused-ring (bicyclic) bond motifs is 1. The van der Waals surface area contributed by atoms with Gasteiger partial charge in [0.25, 0.3) is 15.9 Å². The second-order valence-corrected chi connectivity index (χ2v) is 7.57. The van der Waals surface area contributed by atoms with E-state index in [0.29, 0.717) is 17.2 Å². The molecular weight excluding hydrogens is 372 g/mol. The SMILES string of the molecule is COc1ccc(OC)c(NC(=O)CCN2C(=O)c3ccccc3S2(=O)=O)c1. The van der Waals surface area contributed by atoms with E-state index >= 15 is 0 Å². The van der Waals surface area contributed by atoms with E-state index < -0.39 is 21.8 Å². The third-order valence-electron chi connectivity index (χ3n) is 4.13. The molecule has 9 heteroatoms. The highest BCUT2D eigenvalue weighted by molar-refractivity contribution is 7.90. The normalized spacial score (nSPS) is 14.6. The molecule has 0 bridgehead atoms. The summed E-state index contributed by atoms with van der Waals surface area (Å²) in [5, 5.41) is 2.65. The van der Waals surface area contributed by atoms with E-state index in [9.17, 15) is 18.0 Å². The number of ether oxygens (including phenoxy) is 2. The van der Waals surface area contributed by atoms with Gasteiger partial charge in [-0.3, -0.25) is 9.59 Å². The molecule has 0 saturated heterocycles. The van der Waals surface area contributed by atoms with Gasteiger partial charge in [0.15, 0.2) is 0 Å². The van der Waals surface area contributed by atoms with Gasteiger partial charge in [0.1, 0.15) is 16.4 Å². The summed E-state index contributed by atoms with van der Waals surface area (Å²) >= 11 is 0. The Morgan fingerprint density at radius 1 is 1.11 bits per heavy atom. The summed E-state index contributed by atoms with van der Waals surface area (Å²) in [6.07, 6.45) is -0.195. The fourth-order valence-electron chi connectivity index (χ4n) is 2.78. The molecule has 0 aliphatic carbocycles. The molecular formula is C18H18N2O6S. The van der Waals surface area contributed by atoms with Gasteiger partial charge in [-0.2, -0.15) is 0 Å². The molecule has 1 aliphatic heterocycles. The molecule has 27 heavy (non-hydrogen) atoms. The molecule has 0 aromatic heterocycles. The van der Waals surface area contributed by atoms with Crippen LogP contribution in [0.5, 0.6) is 11.5 Å². The van der Waals surface area contributed by atoms with Crippen LogP contribution < -0.4 is 14.8 Å². The number of sulfonamides is 1. The number of nitrogens with one attached hydrogen (secondary N) is 1. The zero-order valence-corrected chi connectivity index (χ0v) is 15.6. The van der Waals surface area contributed by atoms with Crippen molar-refractivity contribution in [1.82, 2.24) is 4.31 Å². The predicted molar refractivity (Wildman–Crippen MR) is 97.5 cm³/mol. The van der Waals surface area contributed by atoms with E-state index in [1.807, 2.05) is 0 Å². The Morgan fingerprint density at radius 2 is 1.85 bits per heavy atom. The second kappa shape index (κ2) is 7.28. The standard InChI is InChI=1S/C18H18N2O6S/c1-25-12-7-8-15(26-2)14(11-12)19-17(21)9-10-20-18(22)13-5-3-4-6-16(13)27(20,23)24/h3-8,11H,9-10H2,1-2H3,(H,19,21). The topological polar surface area (TPSA) is 102 Å². The van der Waals surface area contributed by atoms with Crippen LogP contribution >= 0.6 is 0 Å². The van der Waals surface area contributed by atoms with Crippen LogP contribution in [0.4, 0.5) is 5.69 Å². The number of carbonyl (C=O) groups is 2. The van der Waals surface area contributed by atoms with Gasteiger partial charge in [0, 0.05) is 19.0 Å². The van der Waals surface area contributed by atoms with Crippen molar-refractivity contribution in [2.75, 3.05) is 26.1 Å². The monoisotopic (exact) mass is 390 g/mol. The molecule has 2 aromatic rings. The van der Waals surface area contributed by atoms with Gasteiger partial charge < -0.3 is 14.8 Å². The third kappa shape index (κ3) is 3.45. The van der Waals surface area contributed by atoms with Gasteiger partial charge >= 0.3 is 0 Å². The molecule has 0 unspecified atom stereocenters. The fraction of sp³-hybridized carbons (Fsp3) is 0.222. The molecule has 142 valence electrons. The maximum Gasteiger partial charge on any atom is 0.269 e. The van der Waals surface area contributed by atoms with Gasteiger partial charge in [0.2, 0.25) is 5.91 Å². The van der Waals surface area contributed by atoms with Crippen LogP contribution in [-0.4, -0.2) is 45.3 Å². The average molecular weight is 390 g/mol. The average Bonchev–Trinajstić information content (AvgIpc) is 2.86. The van der Waals surface area contributed by atoms with E-state index in [1.165, 1.54) is 26.4 Å². The van der Waals surface area contributed by atoms with Crippen LogP contribution in [0.1, 0.15) is 16.8 Å². The van der Waals surface area contributed by atoms with Crippen molar-refractivity contribution in [1.29, 1.82) is 0 Å². The van der Waals surface area contributed by atoms with E-state index in [-0.39, 0.29) is 23.4 Å². The summed E-state index contributed by atoms with van der Waals surface area (Å²) in [4.78, 5) is 24.6. The summed E-state index contributed by atoms with van der Waals surface area (Å²) in [6, 6.07) is 10.9. The highest BCUT2D eigenvalue weighted by Gasteiger charge is 2.40. The Hall–Kier alpha value is -3.07. The van der Waals surface area contributed by atoms with Crippen LogP contribution in [0, 0.1) is 0 Å². The minimum atomic E-state index is -3.93. The molecule has 2 aromatic carbocycles. The number of nitrogens with zero attached hydrogens (tertiary/aromatic N) is 1. The number of anilines is 1. The Labute approximate surface area is 156 Å². The Bertz CT molecular complexity index is 1000. The minimum Gasteiger partial charge on any atom is -0.497 e. The summed E-state index contributed by atoms with van der Waals surface area (Å²) < 4.78 is 36.0.